The number of carbonyl (C=O) groups excluding carboxylic acids is 1. The van der Waals surface area contributed by atoms with Crippen molar-refractivity contribution in [2.45, 2.75) is 38.1 Å². The molecule has 1 fully saturated rings. The van der Waals surface area contributed by atoms with Crippen LogP contribution in [0.4, 0.5) is 0 Å². The Morgan fingerprint density at radius 2 is 2.18 bits per heavy atom. The van der Waals surface area contributed by atoms with Crippen LogP contribution in [-0.2, 0) is 4.79 Å². The first kappa shape index (κ1) is 13.9. The van der Waals surface area contributed by atoms with E-state index >= 15 is 0 Å². The van der Waals surface area contributed by atoms with Crippen LogP contribution >= 0.6 is 0 Å². The molecule has 0 bridgehead atoms. The summed E-state index contributed by atoms with van der Waals surface area (Å²) in [5, 5.41) is 23.4. The first-order valence-electron chi connectivity index (χ1n) is 6.11. The van der Waals surface area contributed by atoms with Crippen LogP contribution in [0.2, 0.25) is 0 Å². The third kappa shape index (κ3) is 4.33. The van der Waals surface area contributed by atoms with Gasteiger partial charge in [-0.3, -0.25) is 4.79 Å². The van der Waals surface area contributed by atoms with Crippen molar-refractivity contribution in [3.05, 3.63) is 0 Å². The van der Waals surface area contributed by atoms with Gasteiger partial charge in [0.1, 0.15) is 6.54 Å². The number of nitriles is 1. The Kier molecular flexibility index (Phi) is 5.39. The van der Waals surface area contributed by atoms with E-state index in [9.17, 15) is 9.90 Å². The zero-order chi connectivity index (χ0) is 12.7. The number of hydrogen-bond acceptors (Lipinski definition) is 4. The Bertz CT molecular complexity index is 291. The predicted octanol–water partition coefficient (Wildman–Crippen LogP) is 0.157. The average Bonchev–Trinajstić information content (AvgIpc) is 2.36. The SMILES string of the molecule is CC1CCC(CO)(NCC(=O)NCC#N)CC1. The minimum Gasteiger partial charge on any atom is -0.394 e. The Labute approximate surface area is 102 Å². The van der Waals surface area contributed by atoms with Gasteiger partial charge in [0.15, 0.2) is 0 Å². The van der Waals surface area contributed by atoms with E-state index in [4.69, 9.17) is 5.26 Å². The lowest BCUT2D eigenvalue weighted by molar-refractivity contribution is -0.120. The highest BCUT2D eigenvalue weighted by Gasteiger charge is 2.33. The molecule has 0 aromatic heterocycles. The normalized spacial score (nSPS) is 28.4. The molecule has 1 rings (SSSR count). The van der Waals surface area contributed by atoms with E-state index in [1.807, 2.05) is 6.07 Å². The molecule has 0 unspecified atom stereocenters. The fourth-order valence-electron chi connectivity index (χ4n) is 2.17. The first-order valence-corrected chi connectivity index (χ1v) is 6.11. The minimum absolute atomic E-state index is 0.0314. The minimum atomic E-state index is -0.309. The summed E-state index contributed by atoms with van der Waals surface area (Å²) < 4.78 is 0. The van der Waals surface area contributed by atoms with Gasteiger partial charge in [-0.05, 0) is 31.6 Å². The van der Waals surface area contributed by atoms with Crippen LogP contribution < -0.4 is 10.6 Å². The third-order valence-electron chi connectivity index (χ3n) is 3.52. The molecule has 5 nitrogen and oxygen atoms in total. The highest BCUT2D eigenvalue weighted by molar-refractivity contribution is 5.78. The summed E-state index contributed by atoms with van der Waals surface area (Å²) in [6.07, 6.45) is 3.95. The van der Waals surface area contributed by atoms with Crippen LogP contribution in [0.1, 0.15) is 32.6 Å². The fourth-order valence-corrected chi connectivity index (χ4v) is 2.17. The van der Waals surface area contributed by atoms with Gasteiger partial charge in [0, 0.05) is 5.54 Å². The molecule has 1 aliphatic rings. The second-order valence-corrected chi connectivity index (χ2v) is 4.91. The molecule has 0 aromatic rings. The molecule has 96 valence electrons. The Morgan fingerprint density at radius 1 is 1.53 bits per heavy atom. The molecule has 17 heavy (non-hydrogen) atoms. The van der Waals surface area contributed by atoms with E-state index in [1.165, 1.54) is 0 Å². The molecule has 0 heterocycles. The lowest BCUT2D eigenvalue weighted by Crippen LogP contribution is -2.53. The van der Waals surface area contributed by atoms with Gasteiger partial charge < -0.3 is 15.7 Å². The largest absolute Gasteiger partial charge is 0.394 e. The van der Waals surface area contributed by atoms with Crippen molar-refractivity contribution >= 4 is 5.91 Å². The van der Waals surface area contributed by atoms with Crippen molar-refractivity contribution in [2.24, 2.45) is 5.92 Å². The molecular weight excluding hydrogens is 218 g/mol. The van der Waals surface area contributed by atoms with E-state index in [0.717, 1.165) is 25.7 Å². The van der Waals surface area contributed by atoms with Crippen LogP contribution in [-0.4, -0.2) is 36.2 Å². The van der Waals surface area contributed by atoms with Crippen LogP contribution in [0, 0.1) is 17.2 Å². The van der Waals surface area contributed by atoms with Gasteiger partial charge in [-0.1, -0.05) is 6.92 Å². The fraction of sp³-hybridized carbons (Fsp3) is 0.833. The second-order valence-electron chi connectivity index (χ2n) is 4.91. The predicted molar refractivity (Wildman–Crippen MR) is 64.1 cm³/mol. The zero-order valence-corrected chi connectivity index (χ0v) is 10.3. The summed E-state index contributed by atoms with van der Waals surface area (Å²) in [4.78, 5) is 11.4. The number of amides is 1. The number of aliphatic hydroxyl groups excluding tert-OH is 1. The molecule has 0 aliphatic heterocycles. The third-order valence-corrected chi connectivity index (χ3v) is 3.52. The van der Waals surface area contributed by atoms with Gasteiger partial charge in [-0.15, -0.1) is 0 Å². The molecule has 1 saturated carbocycles. The summed E-state index contributed by atoms with van der Waals surface area (Å²) in [6, 6.07) is 1.86. The highest BCUT2D eigenvalue weighted by Crippen LogP contribution is 2.31. The van der Waals surface area contributed by atoms with E-state index in [-0.39, 0.29) is 31.1 Å². The molecule has 0 spiro atoms. The summed E-state index contributed by atoms with van der Waals surface area (Å²) in [6.45, 7) is 2.46. The number of aliphatic hydroxyl groups is 1. The Balaban J connectivity index is 2.37. The first-order chi connectivity index (χ1) is 8.12. The monoisotopic (exact) mass is 239 g/mol. The van der Waals surface area contributed by atoms with E-state index in [1.54, 1.807) is 0 Å². The van der Waals surface area contributed by atoms with Gasteiger partial charge >= 0.3 is 0 Å². The van der Waals surface area contributed by atoms with Crippen molar-refractivity contribution in [1.29, 1.82) is 5.26 Å². The number of carbonyl (C=O) groups is 1. The number of nitrogens with one attached hydrogen (secondary N) is 2. The summed E-state index contributed by atoms with van der Waals surface area (Å²) in [7, 11) is 0. The van der Waals surface area contributed by atoms with Crippen LogP contribution in [0.5, 0.6) is 0 Å². The van der Waals surface area contributed by atoms with E-state index in [0.29, 0.717) is 5.92 Å². The molecular formula is C12H21N3O2. The van der Waals surface area contributed by atoms with Crippen LogP contribution in [0.3, 0.4) is 0 Å². The second kappa shape index (κ2) is 6.58. The lowest BCUT2D eigenvalue weighted by Gasteiger charge is -2.38. The van der Waals surface area contributed by atoms with Gasteiger partial charge in [0.2, 0.25) is 5.91 Å². The van der Waals surface area contributed by atoms with Crippen molar-refractivity contribution in [3.8, 4) is 6.07 Å². The number of hydrogen-bond donors (Lipinski definition) is 3. The Hall–Kier alpha value is -1.12. The molecule has 3 N–H and O–H groups in total. The average molecular weight is 239 g/mol. The molecule has 1 amide bonds. The van der Waals surface area contributed by atoms with Crippen LogP contribution in [0.25, 0.3) is 0 Å². The smallest absolute Gasteiger partial charge is 0.234 e. The van der Waals surface area contributed by atoms with Crippen molar-refractivity contribution in [3.63, 3.8) is 0 Å². The standard InChI is InChI=1S/C12H21N3O2/c1-10-2-4-12(9-16,5-3-10)15-8-11(17)14-7-6-13/h10,15-16H,2-5,7-9H2,1H3,(H,14,17). The summed E-state index contributed by atoms with van der Waals surface area (Å²) >= 11 is 0. The topological polar surface area (TPSA) is 85.2 Å². The van der Waals surface area contributed by atoms with Crippen LogP contribution in [0.15, 0.2) is 0 Å². The molecule has 1 aliphatic carbocycles. The molecule has 0 aromatic carbocycles. The zero-order valence-electron chi connectivity index (χ0n) is 10.3. The molecule has 0 saturated heterocycles. The molecule has 0 atom stereocenters. The highest BCUT2D eigenvalue weighted by atomic mass is 16.3. The van der Waals surface area contributed by atoms with Gasteiger partial charge in [0.05, 0.1) is 19.2 Å². The van der Waals surface area contributed by atoms with Gasteiger partial charge in [-0.2, -0.15) is 5.26 Å². The van der Waals surface area contributed by atoms with E-state index < -0.39 is 0 Å². The molecule has 0 radical (unpaired) electrons. The quantitative estimate of drug-likeness (QED) is 0.596. The maximum Gasteiger partial charge on any atom is 0.234 e. The maximum atomic E-state index is 11.4. The lowest BCUT2D eigenvalue weighted by atomic mass is 9.77. The maximum absolute atomic E-state index is 11.4. The summed E-state index contributed by atoms with van der Waals surface area (Å²) in [5.41, 5.74) is -0.309. The number of rotatable bonds is 5. The summed E-state index contributed by atoms with van der Waals surface area (Å²) in [5.74, 6) is 0.502. The van der Waals surface area contributed by atoms with Gasteiger partial charge in [0.25, 0.3) is 0 Å². The van der Waals surface area contributed by atoms with Crippen molar-refractivity contribution in [1.82, 2.24) is 10.6 Å². The van der Waals surface area contributed by atoms with Crippen molar-refractivity contribution in [2.75, 3.05) is 19.7 Å². The number of nitrogens with zero attached hydrogens (tertiary/aromatic N) is 1. The van der Waals surface area contributed by atoms with E-state index in [2.05, 4.69) is 17.6 Å². The van der Waals surface area contributed by atoms with Gasteiger partial charge in [-0.25, -0.2) is 0 Å². The van der Waals surface area contributed by atoms with Crippen molar-refractivity contribution < 1.29 is 9.90 Å². The Morgan fingerprint density at radius 3 is 2.71 bits per heavy atom. The molecule has 5 heteroatoms.